The Hall–Kier alpha value is -1.52. The van der Waals surface area contributed by atoms with E-state index in [2.05, 4.69) is 18.9 Å². The van der Waals surface area contributed by atoms with Crippen molar-refractivity contribution >= 4 is 11.6 Å². The van der Waals surface area contributed by atoms with E-state index in [9.17, 15) is 0 Å². The lowest BCUT2D eigenvalue weighted by Gasteiger charge is -2.29. The molecule has 2 heterocycles. The van der Waals surface area contributed by atoms with E-state index in [0.29, 0.717) is 11.1 Å². The number of rotatable bonds is 2. The predicted octanol–water partition coefficient (Wildman–Crippen LogP) is 3.64. The monoisotopic (exact) mass is 291 g/mol. The van der Waals surface area contributed by atoms with Gasteiger partial charge in [-0.1, -0.05) is 11.6 Å². The SMILES string of the molecule is CC(C)n1cc(C2CC(N)c3cc(Cl)ccc3O2)cn1. The van der Waals surface area contributed by atoms with Gasteiger partial charge in [-0.05, 0) is 32.0 Å². The minimum atomic E-state index is -0.0650. The van der Waals surface area contributed by atoms with Crippen molar-refractivity contribution in [2.45, 2.75) is 38.5 Å². The first-order valence-corrected chi connectivity index (χ1v) is 7.18. The molecule has 0 amide bonds. The van der Waals surface area contributed by atoms with Crippen LogP contribution in [0.5, 0.6) is 5.75 Å². The average Bonchev–Trinajstić information content (AvgIpc) is 2.89. The van der Waals surface area contributed by atoms with Gasteiger partial charge in [0.25, 0.3) is 0 Å². The molecular weight excluding hydrogens is 274 g/mol. The van der Waals surface area contributed by atoms with Crippen molar-refractivity contribution in [3.8, 4) is 5.75 Å². The Balaban J connectivity index is 1.88. The van der Waals surface area contributed by atoms with E-state index < -0.39 is 0 Å². The van der Waals surface area contributed by atoms with Gasteiger partial charge >= 0.3 is 0 Å². The van der Waals surface area contributed by atoms with Crippen molar-refractivity contribution in [3.63, 3.8) is 0 Å². The molecule has 5 heteroatoms. The molecule has 20 heavy (non-hydrogen) atoms. The van der Waals surface area contributed by atoms with Crippen molar-refractivity contribution < 1.29 is 4.74 Å². The summed E-state index contributed by atoms with van der Waals surface area (Å²) < 4.78 is 7.98. The Morgan fingerprint density at radius 3 is 2.95 bits per heavy atom. The third-order valence-corrected chi connectivity index (χ3v) is 3.87. The van der Waals surface area contributed by atoms with Gasteiger partial charge in [0.2, 0.25) is 0 Å². The van der Waals surface area contributed by atoms with Crippen molar-refractivity contribution in [3.05, 3.63) is 46.7 Å². The second kappa shape index (κ2) is 5.11. The first kappa shape index (κ1) is 13.5. The Morgan fingerprint density at radius 1 is 1.45 bits per heavy atom. The molecule has 2 atom stereocenters. The molecule has 1 aromatic carbocycles. The molecule has 0 bridgehead atoms. The average molecular weight is 292 g/mol. The van der Waals surface area contributed by atoms with Crippen LogP contribution in [0.2, 0.25) is 5.02 Å². The fourth-order valence-corrected chi connectivity index (χ4v) is 2.66. The van der Waals surface area contributed by atoms with Crippen molar-refractivity contribution in [1.82, 2.24) is 9.78 Å². The van der Waals surface area contributed by atoms with Crippen molar-refractivity contribution in [2.75, 3.05) is 0 Å². The fraction of sp³-hybridized carbons (Fsp3) is 0.400. The molecule has 2 N–H and O–H groups in total. The number of hydrogen-bond acceptors (Lipinski definition) is 3. The summed E-state index contributed by atoms with van der Waals surface area (Å²) in [4.78, 5) is 0. The van der Waals surface area contributed by atoms with E-state index in [1.54, 1.807) is 0 Å². The maximum atomic E-state index is 6.24. The van der Waals surface area contributed by atoms with Gasteiger partial charge in [-0.25, -0.2) is 0 Å². The normalized spacial score (nSPS) is 21.6. The molecule has 0 saturated heterocycles. The molecule has 106 valence electrons. The second-order valence-electron chi connectivity index (χ2n) is 5.48. The van der Waals surface area contributed by atoms with Crippen LogP contribution < -0.4 is 10.5 Å². The first-order valence-electron chi connectivity index (χ1n) is 6.80. The van der Waals surface area contributed by atoms with Crippen LogP contribution >= 0.6 is 11.6 Å². The summed E-state index contributed by atoms with van der Waals surface area (Å²) >= 11 is 6.01. The summed E-state index contributed by atoms with van der Waals surface area (Å²) in [7, 11) is 0. The molecule has 4 nitrogen and oxygen atoms in total. The number of nitrogens with zero attached hydrogens (tertiary/aromatic N) is 2. The standard InChI is InChI=1S/C15H18ClN3O/c1-9(2)19-8-10(7-18-19)15-6-13(17)12-5-11(16)3-4-14(12)20-15/h3-5,7-9,13,15H,6,17H2,1-2H3. The van der Waals surface area contributed by atoms with Gasteiger partial charge in [-0.15, -0.1) is 0 Å². The summed E-state index contributed by atoms with van der Waals surface area (Å²) in [5.74, 6) is 0.815. The highest BCUT2D eigenvalue weighted by atomic mass is 35.5. The van der Waals surface area contributed by atoms with E-state index >= 15 is 0 Å². The Labute approximate surface area is 123 Å². The molecular formula is C15H18ClN3O. The number of ether oxygens (including phenoxy) is 1. The Bertz CT molecular complexity index is 623. The van der Waals surface area contributed by atoms with Crippen LogP contribution in [0, 0.1) is 0 Å². The number of hydrogen-bond donors (Lipinski definition) is 1. The molecule has 0 spiro atoms. The molecule has 1 aliphatic rings. The van der Waals surface area contributed by atoms with E-state index in [-0.39, 0.29) is 12.1 Å². The van der Waals surface area contributed by atoms with Gasteiger partial charge in [0.05, 0.1) is 6.20 Å². The number of nitrogens with two attached hydrogens (primary N) is 1. The molecule has 2 unspecified atom stereocenters. The molecule has 0 saturated carbocycles. The van der Waals surface area contributed by atoms with Crippen LogP contribution in [0.15, 0.2) is 30.6 Å². The van der Waals surface area contributed by atoms with Crippen LogP contribution in [0.3, 0.4) is 0 Å². The molecule has 0 aliphatic carbocycles. The van der Waals surface area contributed by atoms with Crippen LogP contribution in [0.25, 0.3) is 0 Å². The minimum absolute atomic E-state index is 0.0498. The molecule has 2 aromatic rings. The maximum Gasteiger partial charge on any atom is 0.129 e. The first-order chi connectivity index (χ1) is 9.54. The largest absolute Gasteiger partial charge is 0.485 e. The summed E-state index contributed by atoms with van der Waals surface area (Å²) in [5.41, 5.74) is 8.29. The number of aromatic nitrogens is 2. The van der Waals surface area contributed by atoms with Gasteiger partial charge in [-0.3, -0.25) is 4.68 Å². The zero-order valence-electron chi connectivity index (χ0n) is 11.6. The van der Waals surface area contributed by atoms with Gasteiger partial charge in [0.1, 0.15) is 11.9 Å². The molecule has 0 radical (unpaired) electrons. The summed E-state index contributed by atoms with van der Waals surface area (Å²) in [6, 6.07) is 5.87. The third kappa shape index (κ3) is 2.41. The van der Waals surface area contributed by atoms with Crippen molar-refractivity contribution in [2.24, 2.45) is 5.73 Å². The Kier molecular flexibility index (Phi) is 3.44. The number of fused-ring (bicyclic) bond motifs is 1. The smallest absolute Gasteiger partial charge is 0.129 e. The topological polar surface area (TPSA) is 53.1 Å². The molecule has 1 aliphatic heterocycles. The lowest BCUT2D eigenvalue weighted by Crippen LogP contribution is -2.23. The highest BCUT2D eigenvalue weighted by Crippen LogP contribution is 2.40. The summed E-state index contributed by atoms with van der Waals surface area (Å²) in [5, 5.41) is 5.05. The van der Waals surface area contributed by atoms with E-state index in [1.165, 1.54) is 0 Å². The number of halogens is 1. The van der Waals surface area contributed by atoms with E-state index in [0.717, 1.165) is 23.3 Å². The third-order valence-electron chi connectivity index (χ3n) is 3.63. The quantitative estimate of drug-likeness (QED) is 0.919. The fourth-order valence-electron chi connectivity index (χ4n) is 2.48. The van der Waals surface area contributed by atoms with E-state index in [4.69, 9.17) is 22.1 Å². The second-order valence-corrected chi connectivity index (χ2v) is 5.91. The van der Waals surface area contributed by atoms with Gasteiger partial charge < -0.3 is 10.5 Å². The van der Waals surface area contributed by atoms with Gasteiger partial charge in [0, 0.05) is 40.9 Å². The molecule has 1 aromatic heterocycles. The van der Waals surface area contributed by atoms with Crippen LogP contribution in [0.4, 0.5) is 0 Å². The lowest BCUT2D eigenvalue weighted by atomic mass is 9.95. The predicted molar refractivity (Wildman–Crippen MR) is 79.0 cm³/mol. The number of benzene rings is 1. The van der Waals surface area contributed by atoms with Crippen molar-refractivity contribution in [1.29, 1.82) is 0 Å². The molecule has 3 rings (SSSR count). The highest BCUT2D eigenvalue weighted by molar-refractivity contribution is 6.30. The van der Waals surface area contributed by atoms with E-state index in [1.807, 2.05) is 35.3 Å². The molecule has 0 fully saturated rings. The zero-order valence-corrected chi connectivity index (χ0v) is 12.3. The van der Waals surface area contributed by atoms with Crippen LogP contribution in [0.1, 0.15) is 49.6 Å². The lowest BCUT2D eigenvalue weighted by molar-refractivity contribution is 0.161. The summed E-state index contributed by atoms with van der Waals surface area (Å²) in [6.07, 6.45) is 4.57. The highest BCUT2D eigenvalue weighted by Gasteiger charge is 2.28. The van der Waals surface area contributed by atoms with Gasteiger partial charge in [0.15, 0.2) is 0 Å². The maximum absolute atomic E-state index is 6.24. The Morgan fingerprint density at radius 2 is 2.25 bits per heavy atom. The van der Waals surface area contributed by atoms with Gasteiger partial charge in [-0.2, -0.15) is 5.10 Å². The van der Waals surface area contributed by atoms with Crippen LogP contribution in [-0.4, -0.2) is 9.78 Å². The van der Waals surface area contributed by atoms with Crippen LogP contribution in [-0.2, 0) is 0 Å². The summed E-state index contributed by atoms with van der Waals surface area (Å²) in [6.45, 7) is 4.20. The zero-order chi connectivity index (χ0) is 14.3. The minimum Gasteiger partial charge on any atom is -0.485 e.